The van der Waals surface area contributed by atoms with E-state index in [1.54, 1.807) is 35.9 Å². The first-order valence-electron chi connectivity index (χ1n) is 9.27. The molecule has 4 aromatic rings. The van der Waals surface area contributed by atoms with Gasteiger partial charge in [-0.15, -0.1) is 12.4 Å². The van der Waals surface area contributed by atoms with Gasteiger partial charge in [-0.2, -0.15) is 23.4 Å². The first kappa shape index (κ1) is 23.0. The van der Waals surface area contributed by atoms with Gasteiger partial charge in [-0.3, -0.25) is 4.40 Å². The quantitative estimate of drug-likeness (QED) is 0.453. The highest BCUT2D eigenvalue weighted by atomic mass is 35.5. The lowest BCUT2D eigenvalue weighted by atomic mass is 10.1. The van der Waals surface area contributed by atoms with Gasteiger partial charge in [0.25, 0.3) is 0 Å². The standard InChI is InChI=1S/C21H17F3N6O.ClH/c1-13-7-17(29-27-10-13)14-5-6-30-18(11-25-19(30)9-14)15-3-2-4-16(8-15)28-20(31)26-12-21(22,23)24;/h2-11H,12H2,1H3,(H2,26,28,31);1H. The van der Waals surface area contributed by atoms with E-state index < -0.39 is 18.8 Å². The summed E-state index contributed by atoms with van der Waals surface area (Å²) in [5.41, 5.74) is 5.16. The topological polar surface area (TPSA) is 84.2 Å². The van der Waals surface area contributed by atoms with Crippen molar-refractivity contribution < 1.29 is 18.0 Å². The zero-order valence-electron chi connectivity index (χ0n) is 16.7. The van der Waals surface area contributed by atoms with Crippen LogP contribution < -0.4 is 10.6 Å². The summed E-state index contributed by atoms with van der Waals surface area (Å²) in [7, 11) is 0. The molecule has 0 aliphatic heterocycles. The number of pyridine rings is 1. The molecule has 7 nitrogen and oxygen atoms in total. The smallest absolute Gasteiger partial charge is 0.329 e. The molecule has 0 unspecified atom stereocenters. The zero-order chi connectivity index (χ0) is 22.0. The summed E-state index contributed by atoms with van der Waals surface area (Å²) in [5.74, 6) is 0. The zero-order valence-corrected chi connectivity index (χ0v) is 17.5. The fourth-order valence-corrected chi connectivity index (χ4v) is 3.07. The van der Waals surface area contributed by atoms with Crippen LogP contribution in [-0.2, 0) is 0 Å². The summed E-state index contributed by atoms with van der Waals surface area (Å²) in [6.07, 6.45) is 0.746. The Kier molecular flexibility index (Phi) is 6.64. The minimum Gasteiger partial charge on any atom is -0.329 e. The number of alkyl halides is 3. The van der Waals surface area contributed by atoms with Gasteiger partial charge in [0, 0.05) is 23.0 Å². The largest absolute Gasteiger partial charge is 0.405 e. The van der Waals surface area contributed by atoms with E-state index in [0.29, 0.717) is 11.3 Å². The lowest BCUT2D eigenvalue weighted by Crippen LogP contribution is -2.36. The van der Waals surface area contributed by atoms with Gasteiger partial charge < -0.3 is 10.6 Å². The molecule has 0 saturated carbocycles. The van der Waals surface area contributed by atoms with E-state index >= 15 is 0 Å². The number of hydrogen-bond donors (Lipinski definition) is 2. The number of nitrogens with one attached hydrogen (secondary N) is 2. The number of carbonyl (C=O) groups is 1. The van der Waals surface area contributed by atoms with Crippen LogP contribution in [0.3, 0.4) is 0 Å². The third kappa shape index (κ3) is 5.33. The number of aryl methyl sites for hydroxylation is 1. The second kappa shape index (κ2) is 9.23. The molecule has 1 aromatic carbocycles. The molecule has 11 heteroatoms. The lowest BCUT2D eigenvalue weighted by Gasteiger charge is -2.11. The SMILES string of the molecule is Cc1cnnc(-c2ccn3c(-c4cccc(NC(=O)NCC(F)(F)F)c4)cnc3c2)c1.Cl. The van der Waals surface area contributed by atoms with Crippen LogP contribution in [0.4, 0.5) is 23.7 Å². The summed E-state index contributed by atoms with van der Waals surface area (Å²) >= 11 is 0. The monoisotopic (exact) mass is 462 g/mol. The van der Waals surface area contributed by atoms with Crippen molar-refractivity contribution in [2.75, 3.05) is 11.9 Å². The van der Waals surface area contributed by atoms with Crippen molar-refractivity contribution in [1.82, 2.24) is 24.9 Å². The van der Waals surface area contributed by atoms with Crippen molar-refractivity contribution in [3.05, 3.63) is 66.6 Å². The first-order valence-corrected chi connectivity index (χ1v) is 9.27. The second-order valence-corrected chi connectivity index (χ2v) is 6.91. The Morgan fingerprint density at radius 3 is 2.66 bits per heavy atom. The second-order valence-electron chi connectivity index (χ2n) is 6.91. The van der Waals surface area contributed by atoms with E-state index in [4.69, 9.17) is 0 Å². The molecule has 0 saturated heterocycles. The predicted octanol–water partition coefficient (Wildman–Crippen LogP) is 4.87. The number of hydrogen-bond acceptors (Lipinski definition) is 4. The van der Waals surface area contributed by atoms with Crippen LogP contribution in [-0.4, -0.2) is 38.3 Å². The highest BCUT2D eigenvalue weighted by Crippen LogP contribution is 2.26. The summed E-state index contributed by atoms with van der Waals surface area (Å²) in [4.78, 5) is 16.2. The third-order valence-corrected chi connectivity index (χ3v) is 4.47. The first-order chi connectivity index (χ1) is 14.8. The summed E-state index contributed by atoms with van der Waals surface area (Å²) in [5, 5.41) is 12.3. The number of amides is 2. The molecule has 0 aliphatic carbocycles. The van der Waals surface area contributed by atoms with E-state index in [2.05, 4.69) is 20.5 Å². The Bertz CT molecular complexity index is 1260. The fraction of sp³-hybridized carbons (Fsp3) is 0.143. The number of imidazole rings is 1. The van der Waals surface area contributed by atoms with Crippen LogP contribution in [0.2, 0.25) is 0 Å². The highest BCUT2D eigenvalue weighted by Gasteiger charge is 2.27. The molecule has 0 radical (unpaired) electrons. The van der Waals surface area contributed by atoms with Gasteiger partial charge >= 0.3 is 12.2 Å². The van der Waals surface area contributed by atoms with Crippen molar-refractivity contribution >= 4 is 29.8 Å². The summed E-state index contributed by atoms with van der Waals surface area (Å²) < 4.78 is 38.6. The van der Waals surface area contributed by atoms with Crippen molar-refractivity contribution in [1.29, 1.82) is 0 Å². The van der Waals surface area contributed by atoms with E-state index in [9.17, 15) is 18.0 Å². The maximum atomic E-state index is 12.2. The highest BCUT2D eigenvalue weighted by molar-refractivity contribution is 5.90. The molecule has 4 rings (SSSR count). The number of aromatic nitrogens is 4. The van der Waals surface area contributed by atoms with E-state index in [1.807, 2.05) is 41.8 Å². The van der Waals surface area contributed by atoms with Crippen molar-refractivity contribution in [2.24, 2.45) is 0 Å². The Morgan fingerprint density at radius 2 is 1.91 bits per heavy atom. The van der Waals surface area contributed by atoms with Crippen molar-refractivity contribution in [3.8, 4) is 22.5 Å². The third-order valence-electron chi connectivity index (χ3n) is 4.47. The molecule has 2 N–H and O–H groups in total. The molecular weight excluding hydrogens is 445 g/mol. The van der Waals surface area contributed by atoms with Gasteiger partial charge in [-0.25, -0.2) is 9.78 Å². The number of anilines is 1. The molecule has 166 valence electrons. The van der Waals surface area contributed by atoms with Gasteiger partial charge in [0.15, 0.2) is 0 Å². The number of benzene rings is 1. The predicted molar refractivity (Wildman–Crippen MR) is 117 cm³/mol. The fourth-order valence-electron chi connectivity index (χ4n) is 3.07. The van der Waals surface area contributed by atoms with E-state index in [1.165, 1.54) is 0 Å². The van der Waals surface area contributed by atoms with Crippen LogP contribution >= 0.6 is 12.4 Å². The van der Waals surface area contributed by atoms with E-state index in [-0.39, 0.29) is 12.4 Å². The minimum absolute atomic E-state index is 0. The number of rotatable bonds is 4. The van der Waals surface area contributed by atoms with Gasteiger partial charge in [0.05, 0.1) is 23.8 Å². The average molecular weight is 463 g/mol. The van der Waals surface area contributed by atoms with Gasteiger partial charge in [-0.05, 0) is 42.8 Å². The molecule has 32 heavy (non-hydrogen) atoms. The number of halogens is 4. The number of urea groups is 1. The average Bonchev–Trinajstić information content (AvgIpc) is 3.15. The molecule has 0 aliphatic rings. The molecule has 0 atom stereocenters. The number of carbonyl (C=O) groups excluding carboxylic acids is 1. The van der Waals surface area contributed by atoms with Crippen molar-refractivity contribution in [2.45, 2.75) is 13.1 Å². The van der Waals surface area contributed by atoms with Crippen molar-refractivity contribution in [3.63, 3.8) is 0 Å². The number of fused-ring (bicyclic) bond motifs is 1. The van der Waals surface area contributed by atoms with Gasteiger partial charge in [0.2, 0.25) is 0 Å². The maximum absolute atomic E-state index is 12.2. The van der Waals surface area contributed by atoms with Gasteiger partial charge in [-0.1, -0.05) is 12.1 Å². The Hall–Kier alpha value is -3.66. The van der Waals surface area contributed by atoms with Crippen LogP contribution in [0.5, 0.6) is 0 Å². The Labute approximate surface area is 187 Å². The van der Waals surface area contributed by atoms with E-state index in [0.717, 1.165) is 28.1 Å². The summed E-state index contributed by atoms with van der Waals surface area (Å²) in [6.45, 7) is 0.536. The Morgan fingerprint density at radius 1 is 1.09 bits per heavy atom. The summed E-state index contributed by atoms with van der Waals surface area (Å²) in [6, 6.07) is 11.6. The molecule has 0 spiro atoms. The lowest BCUT2D eigenvalue weighted by molar-refractivity contribution is -0.122. The van der Waals surface area contributed by atoms with Crippen LogP contribution in [0.1, 0.15) is 5.56 Å². The van der Waals surface area contributed by atoms with Crippen LogP contribution in [0, 0.1) is 6.92 Å². The van der Waals surface area contributed by atoms with Crippen LogP contribution in [0.25, 0.3) is 28.2 Å². The normalized spacial score (nSPS) is 11.1. The Balaban J connectivity index is 0.00000289. The molecule has 3 heterocycles. The molecule has 3 aromatic heterocycles. The molecule has 0 fully saturated rings. The maximum Gasteiger partial charge on any atom is 0.405 e. The molecule has 0 bridgehead atoms. The molecular formula is C21H18ClF3N6O. The molecule has 2 amide bonds. The van der Waals surface area contributed by atoms with Crippen LogP contribution in [0.15, 0.2) is 61.1 Å². The van der Waals surface area contributed by atoms with Gasteiger partial charge in [0.1, 0.15) is 12.2 Å². The minimum atomic E-state index is -4.47. The number of nitrogens with zero attached hydrogens (tertiary/aromatic N) is 4.